The van der Waals surface area contributed by atoms with E-state index < -0.39 is 0 Å². The van der Waals surface area contributed by atoms with Gasteiger partial charge in [0.25, 0.3) is 0 Å². The second-order valence-corrected chi connectivity index (χ2v) is 5.86. The summed E-state index contributed by atoms with van der Waals surface area (Å²) in [7, 11) is 4.02. The Morgan fingerprint density at radius 2 is 2.11 bits per heavy atom. The van der Waals surface area contributed by atoms with Crippen molar-refractivity contribution in [1.82, 2.24) is 10.2 Å². The van der Waals surface area contributed by atoms with E-state index in [2.05, 4.69) is 17.1 Å². The second-order valence-electron chi connectivity index (χ2n) is 5.86. The molecular weight excluding hydrogens is 242 g/mol. The number of carbonyl (C=O) groups excluding carboxylic acids is 1. The van der Waals surface area contributed by atoms with Crippen LogP contribution in [0.3, 0.4) is 0 Å². The van der Waals surface area contributed by atoms with Gasteiger partial charge < -0.3 is 20.7 Å². The van der Waals surface area contributed by atoms with Crippen LogP contribution in [0.15, 0.2) is 0 Å². The van der Waals surface area contributed by atoms with Crippen LogP contribution in [0.1, 0.15) is 26.2 Å². The van der Waals surface area contributed by atoms with E-state index in [4.69, 9.17) is 10.5 Å². The van der Waals surface area contributed by atoms with Crippen molar-refractivity contribution >= 4 is 5.91 Å². The predicted molar refractivity (Wildman–Crippen MR) is 76.9 cm³/mol. The van der Waals surface area contributed by atoms with Gasteiger partial charge in [-0.25, -0.2) is 0 Å². The summed E-state index contributed by atoms with van der Waals surface area (Å²) >= 11 is 0. The van der Waals surface area contributed by atoms with Gasteiger partial charge in [0, 0.05) is 25.0 Å². The molecule has 0 aromatic rings. The Bertz CT molecular complexity index is 271. The molecule has 1 amide bonds. The highest BCUT2D eigenvalue weighted by Gasteiger charge is 2.29. The zero-order valence-electron chi connectivity index (χ0n) is 12.5. The molecule has 0 bridgehead atoms. The number of nitrogens with zero attached hydrogens (tertiary/aromatic N) is 1. The minimum atomic E-state index is 0.0907. The van der Waals surface area contributed by atoms with Crippen LogP contribution in [-0.2, 0) is 9.53 Å². The Kier molecular flexibility index (Phi) is 7.34. The highest BCUT2D eigenvalue weighted by atomic mass is 16.5. The summed E-state index contributed by atoms with van der Waals surface area (Å²) < 4.78 is 5.44. The lowest BCUT2D eigenvalue weighted by atomic mass is 9.79. The fourth-order valence-corrected chi connectivity index (χ4v) is 2.33. The maximum absolute atomic E-state index is 12.0. The second kappa shape index (κ2) is 8.51. The normalized spacial score (nSPS) is 27.5. The molecule has 3 N–H and O–H groups in total. The van der Waals surface area contributed by atoms with Gasteiger partial charge in [0.1, 0.15) is 0 Å². The molecule has 0 saturated heterocycles. The van der Waals surface area contributed by atoms with Gasteiger partial charge in [-0.3, -0.25) is 4.79 Å². The molecule has 5 nitrogen and oxygen atoms in total. The number of carbonyl (C=O) groups is 1. The van der Waals surface area contributed by atoms with Crippen molar-refractivity contribution < 1.29 is 9.53 Å². The number of nitrogens with two attached hydrogens (primary N) is 1. The predicted octanol–water partition coefficient (Wildman–Crippen LogP) is 0.444. The zero-order valence-corrected chi connectivity index (χ0v) is 12.5. The topological polar surface area (TPSA) is 67.6 Å². The summed E-state index contributed by atoms with van der Waals surface area (Å²) in [4.78, 5) is 14.0. The third-order valence-electron chi connectivity index (χ3n) is 3.86. The van der Waals surface area contributed by atoms with Gasteiger partial charge in [0.15, 0.2) is 0 Å². The van der Waals surface area contributed by atoms with E-state index in [9.17, 15) is 4.79 Å². The number of hydrogen-bond donors (Lipinski definition) is 2. The zero-order chi connectivity index (χ0) is 14.3. The molecule has 0 aromatic carbocycles. The minimum Gasteiger partial charge on any atom is -0.378 e. The molecule has 0 aromatic heterocycles. The third-order valence-corrected chi connectivity index (χ3v) is 3.86. The van der Waals surface area contributed by atoms with Crippen LogP contribution >= 0.6 is 0 Å². The summed E-state index contributed by atoms with van der Waals surface area (Å²) in [5, 5.41) is 2.94. The van der Waals surface area contributed by atoms with Crippen LogP contribution in [0.2, 0.25) is 0 Å². The average molecular weight is 271 g/mol. The molecule has 1 fully saturated rings. The quantitative estimate of drug-likeness (QED) is 0.660. The molecule has 1 aliphatic rings. The minimum absolute atomic E-state index is 0.0907. The van der Waals surface area contributed by atoms with Crippen LogP contribution in [0, 0.1) is 11.8 Å². The number of nitrogens with one attached hydrogen (secondary N) is 1. The molecule has 1 aliphatic carbocycles. The molecule has 3 unspecified atom stereocenters. The van der Waals surface area contributed by atoms with Crippen LogP contribution in [0.25, 0.3) is 0 Å². The van der Waals surface area contributed by atoms with Gasteiger partial charge in [-0.15, -0.1) is 0 Å². The largest absolute Gasteiger partial charge is 0.378 e. The Balaban J connectivity index is 2.08. The maximum Gasteiger partial charge on any atom is 0.223 e. The molecule has 0 heterocycles. The average Bonchev–Trinajstić information content (AvgIpc) is 2.36. The lowest BCUT2D eigenvalue weighted by Gasteiger charge is -2.31. The first-order chi connectivity index (χ1) is 9.00. The first-order valence-corrected chi connectivity index (χ1v) is 7.26. The van der Waals surface area contributed by atoms with Gasteiger partial charge in [0.05, 0.1) is 13.2 Å². The van der Waals surface area contributed by atoms with E-state index in [1.807, 2.05) is 14.1 Å². The van der Waals surface area contributed by atoms with Crippen LogP contribution < -0.4 is 11.1 Å². The number of hydrogen-bond acceptors (Lipinski definition) is 4. The highest BCUT2D eigenvalue weighted by molar-refractivity contribution is 5.78. The molecule has 1 saturated carbocycles. The molecule has 0 aliphatic heterocycles. The fourth-order valence-electron chi connectivity index (χ4n) is 2.33. The van der Waals surface area contributed by atoms with Gasteiger partial charge in [0.2, 0.25) is 5.91 Å². The van der Waals surface area contributed by atoms with Crippen LogP contribution in [0.4, 0.5) is 0 Å². The molecule has 5 heteroatoms. The number of likely N-dealkylation sites (N-methyl/N-ethyl adjacent to an activating group) is 1. The van der Waals surface area contributed by atoms with E-state index in [0.717, 1.165) is 25.8 Å². The van der Waals surface area contributed by atoms with Crippen molar-refractivity contribution in [3.8, 4) is 0 Å². The first-order valence-electron chi connectivity index (χ1n) is 7.26. The Morgan fingerprint density at radius 3 is 2.74 bits per heavy atom. The van der Waals surface area contributed by atoms with Crippen molar-refractivity contribution in [2.45, 2.75) is 32.2 Å². The Morgan fingerprint density at radius 1 is 1.37 bits per heavy atom. The molecule has 3 atom stereocenters. The van der Waals surface area contributed by atoms with Gasteiger partial charge in [-0.2, -0.15) is 0 Å². The molecule has 19 heavy (non-hydrogen) atoms. The Labute approximate surface area is 116 Å². The summed E-state index contributed by atoms with van der Waals surface area (Å²) in [5.41, 5.74) is 6.02. The molecule has 0 radical (unpaired) electrons. The SMILES string of the molecule is CC1CCC(C(=O)NCCOCCN(C)C)CC1N. The summed E-state index contributed by atoms with van der Waals surface area (Å²) in [6.07, 6.45) is 2.83. The van der Waals surface area contributed by atoms with Crippen molar-refractivity contribution in [2.24, 2.45) is 17.6 Å². The summed E-state index contributed by atoms with van der Waals surface area (Å²) in [6, 6.07) is 0.167. The lowest BCUT2D eigenvalue weighted by Crippen LogP contribution is -2.42. The summed E-state index contributed by atoms with van der Waals surface area (Å²) in [6.45, 7) is 4.94. The number of amides is 1. The van der Waals surface area contributed by atoms with Crippen molar-refractivity contribution in [1.29, 1.82) is 0 Å². The smallest absolute Gasteiger partial charge is 0.223 e. The van der Waals surface area contributed by atoms with Gasteiger partial charge in [-0.05, 0) is 39.3 Å². The Hall–Kier alpha value is -0.650. The van der Waals surface area contributed by atoms with E-state index in [-0.39, 0.29) is 17.9 Å². The summed E-state index contributed by atoms with van der Waals surface area (Å²) in [5.74, 6) is 0.768. The highest BCUT2D eigenvalue weighted by Crippen LogP contribution is 2.27. The van der Waals surface area contributed by atoms with Crippen molar-refractivity contribution in [2.75, 3.05) is 40.4 Å². The third kappa shape index (κ3) is 6.36. The molecular formula is C14H29N3O2. The van der Waals surface area contributed by atoms with E-state index >= 15 is 0 Å². The maximum atomic E-state index is 12.0. The standard InChI is InChI=1S/C14H29N3O2/c1-11-4-5-12(10-13(11)15)14(18)16-6-8-19-9-7-17(2)3/h11-13H,4-10,15H2,1-3H3,(H,16,18). The van der Waals surface area contributed by atoms with E-state index in [1.165, 1.54) is 0 Å². The van der Waals surface area contributed by atoms with Crippen molar-refractivity contribution in [3.63, 3.8) is 0 Å². The van der Waals surface area contributed by atoms with E-state index in [1.54, 1.807) is 0 Å². The van der Waals surface area contributed by atoms with Crippen LogP contribution in [0.5, 0.6) is 0 Å². The van der Waals surface area contributed by atoms with Gasteiger partial charge >= 0.3 is 0 Å². The molecule has 112 valence electrons. The fraction of sp³-hybridized carbons (Fsp3) is 0.929. The van der Waals surface area contributed by atoms with Crippen LogP contribution in [-0.4, -0.2) is 57.2 Å². The number of ether oxygens (including phenoxy) is 1. The lowest BCUT2D eigenvalue weighted by molar-refractivity contribution is -0.126. The molecule has 0 spiro atoms. The number of rotatable bonds is 7. The van der Waals surface area contributed by atoms with Crippen molar-refractivity contribution in [3.05, 3.63) is 0 Å². The monoisotopic (exact) mass is 271 g/mol. The first kappa shape index (κ1) is 16.4. The van der Waals surface area contributed by atoms with E-state index in [0.29, 0.717) is 25.7 Å². The molecule has 1 rings (SSSR count). The van der Waals surface area contributed by atoms with Gasteiger partial charge in [-0.1, -0.05) is 6.92 Å².